The van der Waals surface area contributed by atoms with Gasteiger partial charge in [-0.2, -0.15) is 14.0 Å². The van der Waals surface area contributed by atoms with Crippen LogP contribution in [0.1, 0.15) is 11.1 Å². The van der Waals surface area contributed by atoms with E-state index in [0.717, 1.165) is 18.2 Å². The van der Waals surface area contributed by atoms with Crippen molar-refractivity contribution in [1.82, 2.24) is 0 Å². The van der Waals surface area contributed by atoms with Crippen LogP contribution in [0.15, 0.2) is 18.2 Å². The number of carbonyl (C=O) groups is 1. The molecule has 0 unspecified atom stereocenters. The standard InChI is InChI=1S/C11H6F3NO3/c12-10-6(2-4-9(16)17)1-3-8(7(10)5-15)18-11(13)14/h1-4,11H,(H,16,17)/b4-2+. The highest BCUT2D eigenvalue weighted by Gasteiger charge is 2.16. The lowest BCUT2D eigenvalue weighted by Gasteiger charge is -2.08. The molecule has 0 amide bonds. The van der Waals surface area contributed by atoms with E-state index in [1.807, 2.05) is 0 Å². The van der Waals surface area contributed by atoms with Gasteiger partial charge in [-0.05, 0) is 18.2 Å². The van der Waals surface area contributed by atoms with Crippen molar-refractivity contribution in [2.24, 2.45) is 0 Å². The zero-order valence-electron chi connectivity index (χ0n) is 8.73. The van der Waals surface area contributed by atoms with Crippen molar-refractivity contribution in [1.29, 1.82) is 5.26 Å². The van der Waals surface area contributed by atoms with Crippen LogP contribution >= 0.6 is 0 Å². The highest BCUT2D eigenvalue weighted by atomic mass is 19.3. The van der Waals surface area contributed by atoms with Crippen LogP contribution in [0.25, 0.3) is 6.08 Å². The Morgan fingerprint density at radius 1 is 1.50 bits per heavy atom. The Hall–Kier alpha value is -2.49. The van der Waals surface area contributed by atoms with E-state index in [-0.39, 0.29) is 5.56 Å². The Morgan fingerprint density at radius 2 is 2.17 bits per heavy atom. The molecule has 1 aromatic rings. The zero-order chi connectivity index (χ0) is 13.7. The summed E-state index contributed by atoms with van der Waals surface area (Å²) in [5, 5.41) is 17.0. The van der Waals surface area contributed by atoms with E-state index in [1.54, 1.807) is 0 Å². The number of aliphatic carboxylic acids is 1. The summed E-state index contributed by atoms with van der Waals surface area (Å²) in [5.41, 5.74) is -0.918. The minimum absolute atomic E-state index is 0.212. The van der Waals surface area contributed by atoms with Crippen LogP contribution in [0.3, 0.4) is 0 Å². The van der Waals surface area contributed by atoms with E-state index in [4.69, 9.17) is 10.4 Å². The number of hydrogen-bond acceptors (Lipinski definition) is 3. The molecule has 0 heterocycles. The monoisotopic (exact) mass is 257 g/mol. The Balaban J connectivity index is 3.21. The van der Waals surface area contributed by atoms with E-state index >= 15 is 0 Å². The first kappa shape index (κ1) is 13.6. The number of nitriles is 1. The van der Waals surface area contributed by atoms with Gasteiger partial charge in [-0.25, -0.2) is 9.18 Å². The summed E-state index contributed by atoms with van der Waals surface area (Å²) in [6.07, 6.45) is 1.57. The number of hydrogen-bond donors (Lipinski definition) is 1. The maximum atomic E-state index is 13.6. The molecule has 1 aromatic carbocycles. The van der Waals surface area contributed by atoms with Crippen molar-refractivity contribution in [3.63, 3.8) is 0 Å². The first-order valence-corrected chi connectivity index (χ1v) is 4.54. The van der Waals surface area contributed by atoms with E-state index in [2.05, 4.69) is 4.74 Å². The molecule has 7 heteroatoms. The van der Waals surface area contributed by atoms with Crippen molar-refractivity contribution in [2.75, 3.05) is 0 Å². The summed E-state index contributed by atoms with van der Waals surface area (Å²) in [7, 11) is 0. The number of halogens is 3. The Bertz CT molecular complexity index is 535. The molecule has 0 atom stereocenters. The highest BCUT2D eigenvalue weighted by molar-refractivity contribution is 5.85. The van der Waals surface area contributed by atoms with E-state index in [0.29, 0.717) is 6.08 Å². The average Bonchev–Trinajstić information content (AvgIpc) is 2.27. The molecular weight excluding hydrogens is 251 g/mol. The third-order valence-corrected chi connectivity index (χ3v) is 1.87. The van der Waals surface area contributed by atoms with Gasteiger partial charge in [0, 0.05) is 11.6 Å². The Kier molecular flexibility index (Phi) is 4.32. The topological polar surface area (TPSA) is 70.3 Å². The fourth-order valence-corrected chi connectivity index (χ4v) is 1.16. The molecule has 94 valence electrons. The van der Waals surface area contributed by atoms with Crippen LogP contribution in [0.4, 0.5) is 13.2 Å². The number of benzene rings is 1. The van der Waals surface area contributed by atoms with Crippen molar-refractivity contribution < 1.29 is 27.8 Å². The number of rotatable bonds is 4. The predicted molar refractivity (Wildman–Crippen MR) is 54.4 cm³/mol. The molecule has 4 nitrogen and oxygen atoms in total. The summed E-state index contributed by atoms with van der Waals surface area (Å²) in [6.45, 7) is -3.18. The normalized spacial score (nSPS) is 10.6. The van der Waals surface area contributed by atoms with E-state index < -0.39 is 29.7 Å². The number of alkyl halides is 2. The van der Waals surface area contributed by atoms with Crippen LogP contribution < -0.4 is 4.74 Å². The van der Waals surface area contributed by atoms with Gasteiger partial charge in [0.2, 0.25) is 0 Å². The summed E-state index contributed by atoms with van der Waals surface area (Å²) in [6, 6.07) is 3.39. The molecular formula is C11H6F3NO3. The second kappa shape index (κ2) is 5.72. The van der Waals surface area contributed by atoms with Crippen LogP contribution in [-0.2, 0) is 4.79 Å². The van der Waals surface area contributed by atoms with E-state index in [9.17, 15) is 18.0 Å². The maximum absolute atomic E-state index is 13.6. The van der Waals surface area contributed by atoms with Crippen LogP contribution in [0.5, 0.6) is 5.75 Å². The van der Waals surface area contributed by atoms with Crippen LogP contribution in [0.2, 0.25) is 0 Å². The molecule has 18 heavy (non-hydrogen) atoms. The predicted octanol–water partition coefficient (Wildman–Crippen LogP) is 2.40. The summed E-state index contributed by atoms with van der Waals surface area (Å²) in [5.74, 6) is -3.02. The van der Waals surface area contributed by atoms with Gasteiger partial charge in [0.05, 0.1) is 0 Å². The Labute approximate surface area is 99.5 Å². The molecule has 0 saturated carbocycles. The molecule has 0 aliphatic rings. The average molecular weight is 257 g/mol. The SMILES string of the molecule is N#Cc1c(OC(F)F)ccc(/C=C/C(=O)O)c1F. The highest BCUT2D eigenvalue weighted by Crippen LogP contribution is 2.25. The molecule has 0 saturated heterocycles. The fourth-order valence-electron chi connectivity index (χ4n) is 1.16. The molecule has 0 fully saturated rings. The minimum Gasteiger partial charge on any atom is -0.478 e. The van der Waals surface area contributed by atoms with Crippen molar-refractivity contribution in [2.45, 2.75) is 6.61 Å². The van der Waals surface area contributed by atoms with Gasteiger partial charge in [-0.1, -0.05) is 0 Å². The maximum Gasteiger partial charge on any atom is 0.387 e. The van der Waals surface area contributed by atoms with Crippen molar-refractivity contribution in [3.8, 4) is 11.8 Å². The van der Waals surface area contributed by atoms with Crippen LogP contribution in [0, 0.1) is 17.1 Å². The molecule has 1 rings (SSSR count). The fraction of sp³-hybridized carbons (Fsp3) is 0.0909. The van der Waals surface area contributed by atoms with Gasteiger partial charge in [-0.3, -0.25) is 0 Å². The largest absolute Gasteiger partial charge is 0.478 e. The van der Waals surface area contributed by atoms with Gasteiger partial charge >= 0.3 is 12.6 Å². The first-order valence-electron chi connectivity index (χ1n) is 4.54. The minimum atomic E-state index is -3.18. The van der Waals surface area contributed by atoms with Gasteiger partial charge < -0.3 is 9.84 Å². The molecule has 1 N–H and O–H groups in total. The first-order chi connectivity index (χ1) is 8.45. The summed E-state index contributed by atoms with van der Waals surface area (Å²) in [4.78, 5) is 10.3. The lowest BCUT2D eigenvalue weighted by atomic mass is 10.1. The second-order valence-electron chi connectivity index (χ2n) is 3.00. The molecule has 0 spiro atoms. The number of nitrogens with zero attached hydrogens (tertiary/aromatic N) is 1. The summed E-state index contributed by atoms with van der Waals surface area (Å²) < 4.78 is 41.6. The smallest absolute Gasteiger partial charge is 0.387 e. The third kappa shape index (κ3) is 3.25. The number of ether oxygens (including phenoxy) is 1. The molecule has 0 aliphatic heterocycles. The lowest BCUT2D eigenvalue weighted by Crippen LogP contribution is -2.05. The third-order valence-electron chi connectivity index (χ3n) is 1.87. The molecule has 0 bridgehead atoms. The second-order valence-corrected chi connectivity index (χ2v) is 3.00. The van der Waals surface area contributed by atoms with E-state index in [1.165, 1.54) is 6.07 Å². The summed E-state index contributed by atoms with van der Waals surface area (Å²) >= 11 is 0. The lowest BCUT2D eigenvalue weighted by molar-refractivity contribution is -0.131. The molecule has 0 aliphatic carbocycles. The van der Waals surface area contributed by atoms with Crippen molar-refractivity contribution in [3.05, 3.63) is 35.2 Å². The van der Waals surface area contributed by atoms with Gasteiger partial charge in [-0.15, -0.1) is 0 Å². The van der Waals surface area contributed by atoms with Crippen molar-refractivity contribution >= 4 is 12.0 Å². The quantitative estimate of drug-likeness (QED) is 0.841. The van der Waals surface area contributed by atoms with Crippen LogP contribution in [-0.4, -0.2) is 17.7 Å². The molecule has 0 radical (unpaired) electrons. The molecule has 0 aromatic heterocycles. The van der Waals surface area contributed by atoms with Gasteiger partial charge in [0.25, 0.3) is 0 Å². The number of carboxylic acid groups (broad SMARTS) is 1. The zero-order valence-corrected chi connectivity index (χ0v) is 8.73. The Morgan fingerprint density at radius 3 is 2.67 bits per heavy atom. The number of carboxylic acids is 1. The van der Waals surface area contributed by atoms with Gasteiger partial charge in [0.1, 0.15) is 17.4 Å². The van der Waals surface area contributed by atoms with Gasteiger partial charge in [0.15, 0.2) is 5.82 Å².